The zero-order valence-corrected chi connectivity index (χ0v) is 18.7. The van der Waals surface area contributed by atoms with Gasteiger partial charge in [0.25, 0.3) is 0 Å². The Labute approximate surface area is 189 Å². The molecule has 1 fully saturated rings. The predicted octanol–water partition coefficient (Wildman–Crippen LogP) is 5.11. The molecule has 0 bridgehead atoms. The summed E-state index contributed by atoms with van der Waals surface area (Å²) >= 11 is 0. The Bertz CT molecular complexity index is 1020. The number of carbonyl (C=O) groups excluding carboxylic acids is 2. The first-order valence-electron chi connectivity index (χ1n) is 11.1. The van der Waals surface area contributed by atoms with E-state index >= 15 is 0 Å². The molecule has 3 aromatic rings. The maximum Gasteiger partial charge on any atom is 0.321 e. The quantitative estimate of drug-likeness (QED) is 0.406. The molecule has 1 aliphatic heterocycles. The van der Waals surface area contributed by atoms with E-state index in [0.717, 1.165) is 28.7 Å². The van der Waals surface area contributed by atoms with Gasteiger partial charge in [-0.05, 0) is 42.9 Å². The van der Waals surface area contributed by atoms with E-state index in [1.54, 1.807) is 0 Å². The van der Waals surface area contributed by atoms with Crippen molar-refractivity contribution in [3.8, 4) is 0 Å². The fourth-order valence-corrected chi connectivity index (χ4v) is 4.78. The monoisotopic (exact) mass is 427 g/mol. The van der Waals surface area contributed by atoms with Gasteiger partial charge < -0.3 is 9.64 Å². The Morgan fingerprint density at radius 1 is 0.938 bits per heavy atom. The molecule has 0 N–H and O–H groups in total. The van der Waals surface area contributed by atoms with Crippen LogP contribution in [-0.4, -0.2) is 30.4 Å². The number of aryl methyl sites for hydroxylation is 1. The molecule has 0 spiro atoms. The highest BCUT2D eigenvalue weighted by molar-refractivity contribution is 6.03. The van der Waals surface area contributed by atoms with Gasteiger partial charge in [-0.15, -0.1) is 0 Å². The van der Waals surface area contributed by atoms with Crippen molar-refractivity contribution in [2.45, 2.75) is 32.2 Å². The van der Waals surface area contributed by atoms with Crippen LogP contribution in [0.5, 0.6) is 0 Å². The maximum absolute atomic E-state index is 14.1. The highest BCUT2D eigenvalue weighted by Crippen LogP contribution is 2.41. The second-order valence-corrected chi connectivity index (χ2v) is 8.56. The number of esters is 1. The van der Waals surface area contributed by atoms with Crippen LogP contribution >= 0.6 is 0 Å². The van der Waals surface area contributed by atoms with Crippen LogP contribution in [0.2, 0.25) is 0 Å². The van der Waals surface area contributed by atoms with Crippen molar-refractivity contribution in [1.29, 1.82) is 0 Å². The van der Waals surface area contributed by atoms with Crippen molar-refractivity contribution in [1.82, 2.24) is 4.90 Å². The van der Waals surface area contributed by atoms with Crippen molar-refractivity contribution >= 4 is 11.9 Å². The second kappa shape index (κ2) is 9.39. The lowest BCUT2D eigenvalue weighted by Gasteiger charge is -2.43. The molecule has 32 heavy (non-hydrogen) atoms. The molecule has 1 aliphatic rings. The van der Waals surface area contributed by atoms with Crippen LogP contribution in [-0.2, 0) is 20.7 Å². The molecule has 1 saturated heterocycles. The van der Waals surface area contributed by atoms with E-state index in [1.807, 2.05) is 96.8 Å². The molecule has 1 heterocycles. The van der Waals surface area contributed by atoms with Gasteiger partial charge in [0.05, 0.1) is 13.2 Å². The van der Waals surface area contributed by atoms with Gasteiger partial charge in [-0.1, -0.05) is 90.5 Å². The minimum absolute atomic E-state index is 0.158. The summed E-state index contributed by atoms with van der Waals surface area (Å²) in [6, 6.07) is 27.8. The van der Waals surface area contributed by atoms with Gasteiger partial charge in [0.2, 0.25) is 5.91 Å². The third kappa shape index (κ3) is 4.18. The van der Waals surface area contributed by atoms with Crippen molar-refractivity contribution < 1.29 is 14.3 Å². The number of hydrogen-bond acceptors (Lipinski definition) is 3. The molecule has 4 heteroatoms. The van der Waals surface area contributed by atoms with E-state index in [0.29, 0.717) is 19.4 Å². The van der Waals surface area contributed by atoms with Crippen LogP contribution < -0.4 is 0 Å². The van der Waals surface area contributed by atoms with Crippen LogP contribution in [0.4, 0.5) is 0 Å². The van der Waals surface area contributed by atoms with E-state index in [1.165, 1.54) is 7.11 Å². The number of nitrogens with zero attached hydrogens (tertiary/aromatic N) is 1. The van der Waals surface area contributed by atoms with Crippen molar-refractivity contribution in [2.24, 2.45) is 5.41 Å². The Hall–Kier alpha value is -3.40. The lowest BCUT2D eigenvalue weighted by molar-refractivity contribution is -0.168. The zero-order valence-electron chi connectivity index (χ0n) is 18.7. The summed E-state index contributed by atoms with van der Waals surface area (Å²) in [4.78, 5) is 29.1. The van der Waals surface area contributed by atoms with Gasteiger partial charge >= 0.3 is 5.97 Å². The molecular formula is C28H29NO3. The van der Waals surface area contributed by atoms with Gasteiger partial charge in [0.15, 0.2) is 5.41 Å². The van der Waals surface area contributed by atoms with Gasteiger partial charge in [0, 0.05) is 6.54 Å². The maximum atomic E-state index is 14.1. The summed E-state index contributed by atoms with van der Waals surface area (Å²) < 4.78 is 5.21. The van der Waals surface area contributed by atoms with E-state index in [-0.39, 0.29) is 11.9 Å². The van der Waals surface area contributed by atoms with E-state index < -0.39 is 11.4 Å². The van der Waals surface area contributed by atoms with E-state index in [2.05, 4.69) is 0 Å². The molecule has 0 saturated carbocycles. The minimum atomic E-state index is -1.22. The number of ether oxygens (including phenoxy) is 1. The second-order valence-electron chi connectivity index (χ2n) is 8.56. The van der Waals surface area contributed by atoms with Crippen molar-refractivity contribution in [2.75, 3.05) is 13.7 Å². The first-order chi connectivity index (χ1) is 15.5. The Balaban J connectivity index is 1.77. The van der Waals surface area contributed by atoms with Gasteiger partial charge in [-0.25, -0.2) is 0 Å². The van der Waals surface area contributed by atoms with Crippen molar-refractivity contribution in [3.63, 3.8) is 0 Å². The van der Waals surface area contributed by atoms with Gasteiger partial charge in [-0.3, -0.25) is 9.59 Å². The smallest absolute Gasteiger partial charge is 0.321 e. The van der Waals surface area contributed by atoms with Gasteiger partial charge in [0.1, 0.15) is 0 Å². The number of carbonyl (C=O) groups is 2. The summed E-state index contributed by atoms with van der Waals surface area (Å²) in [5.41, 5.74) is 2.95. The van der Waals surface area contributed by atoms with Crippen LogP contribution in [0.1, 0.15) is 41.1 Å². The lowest BCUT2D eigenvalue weighted by Crippen LogP contribution is -2.55. The highest BCUT2D eigenvalue weighted by Gasteiger charge is 2.52. The summed E-state index contributed by atoms with van der Waals surface area (Å²) in [5.74, 6) is -0.610. The molecule has 1 atom stereocenters. The van der Waals surface area contributed by atoms with Gasteiger partial charge in [-0.2, -0.15) is 0 Å². The fraction of sp³-hybridized carbons (Fsp3) is 0.286. The number of amides is 1. The fourth-order valence-electron chi connectivity index (χ4n) is 4.78. The molecule has 164 valence electrons. The molecule has 4 nitrogen and oxygen atoms in total. The topological polar surface area (TPSA) is 46.6 Å². The molecule has 4 rings (SSSR count). The first kappa shape index (κ1) is 21.8. The summed E-state index contributed by atoms with van der Waals surface area (Å²) in [6.07, 6.45) is 1.56. The minimum Gasteiger partial charge on any atom is -0.468 e. The molecule has 0 unspecified atom stereocenters. The lowest BCUT2D eigenvalue weighted by atomic mass is 9.73. The number of piperidine rings is 1. The first-order valence-corrected chi connectivity index (χ1v) is 11.1. The standard InChI is InChI=1S/C28H29NO3/c1-21-14-16-22(17-15-21)20-28(27(31)32-2)18-9-19-29(26(28)30)25(23-10-5-3-6-11-23)24-12-7-4-8-13-24/h3-8,10-17,25H,9,18-20H2,1-2H3/t28-/m1/s1. The zero-order chi connectivity index (χ0) is 22.6. The average Bonchev–Trinajstić information content (AvgIpc) is 2.84. The van der Waals surface area contributed by atoms with Crippen molar-refractivity contribution in [3.05, 3.63) is 107 Å². The molecular weight excluding hydrogens is 398 g/mol. The Morgan fingerprint density at radius 3 is 2.03 bits per heavy atom. The average molecular weight is 428 g/mol. The molecule has 0 radical (unpaired) electrons. The highest BCUT2D eigenvalue weighted by atomic mass is 16.5. The molecule has 0 aromatic heterocycles. The Morgan fingerprint density at radius 2 is 1.50 bits per heavy atom. The number of benzene rings is 3. The number of rotatable bonds is 6. The van der Waals surface area contributed by atoms with Crippen LogP contribution in [0.3, 0.4) is 0 Å². The largest absolute Gasteiger partial charge is 0.468 e. The summed E-state index contributed by atoms with van der Waals surface area (Å²) in [5, 5.41) is 0. The molecule has 0 aliphatic carbocycles. The van der Waals surface area contributed by atoms with E-state index in [9.17, 15) is 9.59 Å². The summed E-state index contributed by atoms with van der Waals surface area (Å²) in [7, 11) is 1.37. The van der Waals surface area contributed by atoms with Crippen LogP contribution in [0.25, 0.3) is 0 Å². The Kier molecular flexibility index (Phi) is 6.40. The normalized spacial score (nSPS) is 18.6. The van der Waals surface area contributed by atoms with Crippen LogP contribution in [0.15, 0.2) is 84.9 Å². The van der Waals surface area contributed by atoms with Crippen LogP contribution in [0, 0.1) is 12.3 Å². The predicted molar refractivity (Wildman–Crippen MR) is 125 cm³/mol. The van der Waals surface area contributed by atoms with E-state index in [4.69, 9.17) is 4.74 Å². The third-order valence-corrected chi connectivity index (χ3v) is 6.42. The summed E-state index contributed by atoms with van der Waals surface area (Å²) in [6.45, 7) is 2.62. The molecule has 3 aromatic carbocycles. The number of methoxy groups -OCH3 is 1. The number of likely N-dealkylation sites (tertiary alicyclic amines) is 1. The SMILES string of the molecule is COC(=O)[C@@]1(Cc2ccc(C)cc2)CCCN(C(c2ccccc2)c2ccccc2)C1=O. The molecule has 1 amide bonds. The third-order valence-electron chi connectivity index (χ3n) is 6.42. The number of hydrogen-bond donors (Lipinski definition) is 0.